The molecular formula is C20H24N4O3. The number of nitrogens with one attached hydrogen (secondary N) is 1. The molecule has 0 spiro atoms. The van der Waals surface area contributed by atoms with E-state index in [0.717, 1.165) is 32.4 Å². The highest BCUT2D eigenvalue weighted by atomic mass is 16.6. The zero-order valence-corrected chi connectivity index (χ0v) is 15.4. The number of rotatable bonds is 6. The quantitative estimate of drug-likeness (QED) is 0.625. The van der Waals surface area contributed by atoms with Gasteiger partial charge in [0, 0.05) is 19.2 Å². The molecule has 1 aliphatic rings. The molecule has 1 aromatic carbocycles. The van der Waals surface area contributed by atoms with Crippen molar-refractivity contribution in [2.24, 2.45) is 5.92 Å². The van der Waals surface area contributed by atoms with Gasteiger partial charge in [-0.3, -0.25) is 14.9 Å². The van der Waals surface area contributed by atoms with E-state index in [-0.39, 0.29) is 18.1 Å². The minimum absolute atomic E-state index is 0.0349. The molecule has 2 aromatic rings. The van der Waals surface area contributed by atoms with Crippen LogP contribution in [0.4, 0.5) is 11.5 Å². The summed E-state index contributed by atoms with van der Waals surface area (Å²) in [5.74, 6) is 1.16. The van der Waals surface area contributed by atoms with Crippen molar-refractivity contribution in [3.63, 3.8) is 0 Å². The Morgan fingerprint density at radius 3 is 2.63 bits per heavy atom. The summed E-state index contributed by atoms with van der Waals surface area (Å²) in [6.07, 6.45) is 4.28. The Morgan fingerprint density at radius 2 is 2.00 bits per heavy atom. The van der Waals surface area contributed by atoms with Crippen LogP contribution in [0.5, 0.6) is 0 Å². The average Bonchev–Trinajstić information content (AvgIpc) is 2.68. The van der Waals surface area contributed by atoms with Gasteiger partial charge in [0.2, 0.25) is 5.91 Å². The van der Waals surface area contributed by atoms with Crippen molar-refractivity contribution in [2.45, 2.75) is 26.2 Å². The number of amides is 1. The number of pyridine rings is 1. The Kier molecular flexibility index (Phi) is 6.01. The van der Waals surface area contributed by atoms with Gasteiger partial charge in [-0.15, -0.1) is 0 Å². The maximum absolute atomic E-state index is 12.5. The van der Waals surface area contributed by atoms with E-state index in [1.807, 2.05) is 11.0 Å². The van der Waals surface area contributed by atoms with Crippen LogP contribution in [0, 0.1) is 23.0 Å². The summed E-state index contributed by atoms with van der Waals surface area (Å²) < 4.78 is 0. The maximum Gasteiger partial charge on any atom is 0.287 e. The second-order valence-electron chi connectivity index (χ2n) is 6.98. The van der Waals surface area contributed by atoms with E-state index in [1.165, 1.54) is 17.8 Å². The number of aryl methyl sites for hydroxylation is 1. The molecule has 7 heteroatoms. The van der Waals surface area contributed by atoms with Crippen LogP contribution < -0.4 is 5.32 Å². The molecule has 0 bridgehead atoms. The fourth-order valence-corrected chi connectivity index (χ4v) is 3.45. The van der Waals surface area contributed by atoms with Crippen LogP contribution in [0.25, 0.3) is 0 Å². The number of piperidine rings is 1. The molecule has 0 aliphatic carbocycles. The number of nitro groups is 1. The fourth-order valence-electron chi connectivity index (χ4n) is 3.45. The van der Waals surface area contributed by atoms with E-state index in [2.05, 4.69) is 34.6 Å². The first kappa shape index (κ1) is 18.8. The topological polar surface area (TPSA) is 88.4 Å². The molecule has 3 rings (SSSR count). The van der Waals surface area contributed by atoms with Gasteiger partial charge in [-0.05, 0) is 43.2 Å². The minimum atomic E-state index is -0.478. The van der Waals surface area contributed by atoms with Gasteiger partial charge in [0.05, 0.1) is 11.5 Å². The van der Waals surface area contributed by atoms with Gasteiger partial charge >= 0.3 is 0 Å². The standard InChI is InChI=1S/C20H24N4O3/c1-15-11-18(24(26)27)13-21-20(15)22-14-19(25)23-9-7-17(8-10-23)12-16-5-3-2-4-6-16/h2-6,11,13,17H,7-10,12,14H2,1H3,(H,21,22). The van der Waals surface area contributed by atoms with E-state index in [4.69, 9.17) is 0 Å². The first-order valence-electron chi connectivity index (χ1n) is 9.19. The van der Waals surface area contributed by atoms with Crippen LogP contribution in [-0.4, -0.2) is 40.3 Å². The zero-order valence-electron chi connectivity index (χ0n) is 15.4. The van der Waals surface area contributed by atoms with Gasteiger partial charge in [-0.25, -0.2) is 4.98 Å². The van der Waals surface area contributed by atoms with Gasteiger partial charge < -0.3 is 10.2 Å². The first-order valence-corrected chi connectivity index (χ1v) is 9.19. The van der Waals surface area contributed by atoms with Crippen LogP contribution >= 0.6 is 0 Å². The van der Waals surface area contributed by atoms with Crippen molar-refractivity contribution in [1.29, 1.82) is 0 Å². The number of carbonyl (C=O) groups excluding carboxylic acids is 1. The Balaban J connectivity index is 1.46. The van der Waals surface area contributed by atoms with Crippen LogP contribution in [0.15, 0.2) is 42.6 Å². The van der Waals surface area contributed by atoms with Gasteiger partial charge in [0.15, 0.2) is 0 Å². The molecule has 0 radical (unpaired) electrons. The monoisotopic (exact) mass is 368 g/mol. The highest BCUT2D eigenvalue weighted by molar-refractivity contribution is 5.80. The highest BCUT2D eigenvalue weighted by Crippen LogP contribution is 2.22. The normalized spacial score (nSPS) is 14.8. The van der Waals surface area contributed by atoms with Crippen molar-refractivity contribution in [3.05, 3.63) is 63.8 Å². The van der Waals surface area contributed by atoms with Crippen molar-refractivity contribution in [3.8, 4) is 0 Å². The van der Waals surface area contributed by atoms with E-state index in [9.17, 15) is 14.9 Å². The van der Waals surface area contributed by atoms with Crippen LogP contribution in [0.1, 0.15) is 24.0 Å². The lowest BCUT2D eigenvalue weighted by atomic mass is 9.90. The third kappa shape index (κ3) is 5.03. The first-order chi connectivity index (χ1) is 13.0. The summed E-state index contributed by atoms with van der Waals surface area (Å²) in [5, 5.41) is 13.8. The lowest BCUT2D eigenvalue weighted by molar-refractivity contribution is -0.385. The van der Waals surface area contributed by atoms with Gasteiger partial charge in [-0.1, -0.05) is 30.3 Å². The summed E-state index contributed by atoms with van der Waals surface area (Å²) in [6, 6.07) is 11.9. The highest BCUT2D eigenvalue weighted by Gasteiger charge is 2.23. The average molecular weight is 368 g/mol. The molecule has 1 aliphatic heterocycles. The van der Waals surface area contributed by atoms with Gasteiger partial charge in [0.1, 0.15) is 12.0 Å². The third-order valence-corrected chi connectivity index (χ3v) is 5.02. The minimum Gasteiger partial charge on any atom is -0.361 e. The zero-order chi connectivity index (χ0) is 19.2. The molecule has 7 nitrogen and oxygen atoms in total. The number of carbonyl (C=O) groups is 1. The number of benzene rings is 1. The summed E-state index contributed by atoms with van der Waals surface area (Å²) >= 11 is 0. The number of hydrogen-bond donors (Lipinski definition) is 1. The predicted molar refractivity (Wildman–Crippen MR) is 104 cm³/mol. The van der Waals surface area contributed by atoms with Crippen molar-refractivity contribution < 1.29 is 9.72 Å². The van der Waals surface area contributed by atoms with Crippen molar-refractivity contribution >= 4 is 17.4 Å². The number of likely N-dealkylation sites (tertiary alicyclic amines) is 1. The van der Waals surface area contributed by atoms with E-state index in [0.29, 0.717) is 17.3 Å². The van der Waals surface area contributed by atoms with Crippen LogP contribution in [-0.2, 0) is 11.2 Å². The number of hydrogen-bond acceptors (Lipinski definition) is 5. The molecule has 27 heavy (non-hydrogen) atoms. The second-order valence-corrected chi connectivity index (χ2v) is 6.98. The fraction of sp³-hybridized carbons (Fsp3) is 0.400. The molecule has 0 atom stereocenters. The molecular weight excluding hydrogens is 344 g/mol. The molecule has 142 valence electrons. The number of aromatic nitrogens is 1. The Hall–Kier alpha value is -2.96. The van der Waals surface area contributed by atoms with Crippen LogP contribution in [0.3, 0.4) is 0 Å². The summed E-state index contributed by atoms with van der Waals surface area (Å²) in [4.78, 5) is 28.7. The Morgan fingerprint density at radius 1 is 1.30 bits per heavy atom. The second kappa shape index (κ2) is 8.62. The summed E-state index contributed by atoms with van der Waals surface area (Å²) in [5.41, 5.74) is 1.95. The summed E-state index contributed by atoms with van der Waals surface area (Å²) in [7, 11) is 0. The lowest BCUT2D eigenvalue weighted by Gasteiger charge is -2.32. The predicted octanol–water partition coefficient (Wildman–Crippen LogP) is 3.19. The number of anilines is 1. The van der Waals surface area contributed by atoms with Gasteiger partial charge in [-0.2, -0.15) is 0 Å². The molecule has 1 fully saturated rings. The Labute approximate surface area is 158 Å². The molecule has 0 saturated carbocycles. The van der Waals surface area contributed by atoms with Crippen molar-refractivity contribution in [2.75, 3.05) is 25.0 Å². The summed E-state index contributed by atoms with van der Waals surface area (Å²) in [6.45, 7) is 3.42. The Bertz CT molecular complexity index is 802. The molecule has 0 unspecified atom stereocenters. The van der Waals surface area contributed by atoms with E-state index in [1.54, 1.807) is 6.92 Å². The molecule has 2 heterocycles. The SMILES string of the molecule is Cc1cc([N+](=O)[O-])cnc1NCC(=O)N1CCC(Cc2ccccc2)CC1. The molecule has 1 amide bonds. The smallest absolute Gasteiger partial charge is 0.287 e. The van der Waals surface area contributed by atoms with E-state index < -0.39 is 4.92 Å². The van der Waals surface area contributed by atoms with Gasteiger partial charge in [0.25, 0.3) is 5.69 Å². The largest absolute Gasteiger partial charge is 0.361 e. The molecule has 1 aromatic heterocycles. The molecule has 1 N–H and O–H groups in total. The maximum atomic E-state index is 12.5. The lowest BCUT2D eigenvalue weighted by Crippen LogP contribution is -2.41. The molecule has 1 saturated heterocycles. The number of nitrogens with zero attached hydrogens (tertiary/aromatic N) is 3. The third-order valence-electron chi connectivity index (χ3n) is 5.02. The van der Waals surface area contributed by atoms with Crippen molar-refractivity contribution in [1.82, 2.24) is 9.88 Å². The van der Waals surface area contributed by atoms with E-state index >= 15 is 0 Å². The van der Waals surface area contributed by atoms with Crippen LogP contribution in [0.2, 0.25) is 0 Å².